The molecule has 9 nitrogen and oxygen atoms in total. The fourth-order valence-electron chi connectivity index (χ4n) is 4.95. The van der Waals surface area contributed by atoms with Gasteiger partial charge in [0.15, 0.2) is 5.78 Å². The molecule has 2 aromatic carbocycles. The van der Waals surface area contributed by atoms with Gasteiger partial charge >= 0.3 is 0 Å². The minimum absolute atomic E-state index is 0.0605. The normalized spacial score (nSPS) is 20.7. The molecule has 2 fully saturated rings. The van der Waals surface area contributed by atoms with Gasteiger partial charge in [0, 0.05) is 18.5 Å². The highest BCUT2D eigenvalue weighted by atomic mass is 16.3. The monoisotopic (exact) mass is 506 g/mol. The zero-order chi connectivity index (χ0) is 26.4. The van der Waals surface area contributed by atoms with Gasteiger partial charge in [-0.2, -0.15) is 0 Å². The number of Topliss-reactive ketones (excluding diaryl/α,β-unsaturated/α-hetero) is 1. The number of phenolic OH excluding ortho intramolecular Hbond substituents is 1. The molecule has 4 unspecified atom stereocenters. The summed E-state index contributed by atoms with van der Waals surface area (Å²) in [5.41, 5.74) is 1.23. The maximum Gasteiger partial charge on any atom is 0.243 e. The highest BCUT2D eigenvalue weighted by Crippen LogP contribution is 2.21. The number of ketones is 1. The van der Waals surface area contributed by atoms with Crippen molar-refractivity contribution in [3.63, 3.8) is 0 Å². The number of hydrogen-bond donors (Lipinski definition) is 4. The maximum atomic E-state index is 13.2. The van der Waals surface area contributed by atoms with Gasteiger partial charge in [-0.1, -0.05) is 42.5 Å². The van der Waals surface area contributed by atoms with Gasteiger partial charge in [0.05, 0.1) is 12.1 Å². The molecule has 0 aromatic heterocycles. The quantitative estimate of drug-likeness (QED) is 0.382. The smallest absolute Gasteiger partial charge is 0.243 e. The van der Waals surface area contributed by atoms with Gasteiger partial charge in [-0.25, -0.2) is 0 Å². The zero-order valence-corrected chi connectivity index (χ0v) is 21.0. The minimum Gasteiger partial charge on any atom is -0.508 e. The SMILES string of the molecule is CC(NC(=O)C1CCCN1C(=O)C1CCCN1)C(=O)NC(Cc1ccc(O)cc1)C(=O)c1ccccc1. The van der Waals surface area contributed by atoms with Crippen molar-refractivity contribution in [3.8, 4) is 5.75 Å². The van der Waals surface area contributed by atoms with E-state index in [0.29, 0.717) is 18.5 Å². The molecule has 0 saturated carbocycles. The van der Waals surface area contributed by atoms with E-state index in [1.807, 2.05) is 6.07 Å². The van der Waals surface area contributed by atoms with Crippen molar-refractivity contribution in [2.24, 2.45) is 0 Å². The Morgan fingerprint density at radius 3 is 2.41 bits per heavy atom. The van der Waals surface area contributed by atoms with Crippen molar-refractivity contribution in [3.05, 3.63) is 65.7 Å². The van der Waals surface area contributed by atoms with Crippen LogP contribution in [0.5, 0.6) is 5.75 Å². The third-order valence-electron chi connectivity index (χ3n) is 7.02. The van der Waals surface area contributed by atoms with E-state index >= 15 is 0 Å². The lowest BCUT2D eigenvalue weighted by Crippen LogP contribution is -2.56. The Hall–Kier alpha value is -3.72. The van der Waals surface area contributed by atoms with Crippen LogP contribution in [0.15, 0.2) is 54.6 Å². The molecule has 0 aliphatic carbocycles. The topological polar surface area (TPSA) is 128 Å². The molecule has 2 saturated heterocycles. The van der Waals surface area contributed by atoms with Crippen LogP contribution in [0.3, 0.4) is 0 Å². The number of phenols is 1. The van der Waals surface area contributed by atoms with E-state index in [9.17, 15) is 24.3 Å². The number of amides is 3. The molecule has 37 heavy (non-hydrogen) atoms. The molecular weight excluding hydrogens is 472 g/mol. The fraction of sp³-hybridized carbons (Fsp3) is 0.429. The molecule has 9 heteroatoms. The van der Waals surface area contributed by atoms with Gasteiger partial charge in [0.25, 0.3) is 0 Å². The predicted octanol–water partition coefficient (Wildman–Crippen LogP) is 1.55. The molecule has 2 aromatic rings. The first kappa shape index (κ1) is 26.3. The summed E-state index contributed by atoms with van der Waals surface area (Å²) in [6.45, 7) is 2.89. The van der Waals surface area contributed by atoms with E-state index in [4.69, 9.17) is 0 Å². The number of likely N-dealkylation sites (tertiary alicyclic amines) is 1. The van der Waals surface area contributed by atoms with Crippen molar-refractivity contribution in [1.82, 2.24) is 20.9 Å². The molecule has 2 aliphatic heterocycles. The molecule has 2 heterocycles. The van der Waals surface area contributed by atoms with Gasteiger partial charge in [-0.3, -0.25) is 19.2 Å². The number of rotatable bonds is 9. The van der Waals surface area contributed by atoms with Crippen LogP contribution in [0.25, 0.3) is 0 Å². The lowest BCUT2D eigenvalue weighted by atomic mass is 9.97. The van der Waals surface area contributed by atoms with Crippen LogP contribution in [0.4, 0.5) is 0 Å². The Morgan fingerprint density at radius 1 is 1.00 bits per heavy atom. The van der Waals surface area contributed by atoms with E-state index in [2.05, 4.69) is 16.0 Å². The highest BCUT2D eigenvalue weighted by molar-refractivity contribution is 6.03. The number of carbonyl (C=O) groups excluding carboxylic acids is 4. The molecule has 0 spiro atoms. The largest absolute Gasteiger partial charge is 0.508 e. The first-order chi connectivity index (χ1) is 17.8. The van der Waals surface area contributed by atoms with Crippen molar-refractivity contribution in [1.29, 1.82) is 0 Å². The van der Waals surface area contributed by atoms with E-state index in [0.717, 1.165) is 31.4 Å². The molecule has 4 atom stereocenters. The number of nitrogens with one attached hydrogen (secondary N) is 3. The Kier molecular flexibility index (Phi) is 8.55. The highest BCUT2D eigenvalue weighted by Gasteiger charge is 2.38. The summed E-state index contributed by atoms with van der Waals surface area (Å²) in [6, 6.07) is 12.5. The van der Waals surface area contributed by atoms with Crippen molar-refractivity contribution >= 4 is 23.5 Å². The van der Waals surface area contributed by atoms with Crippen LogP contribution in [-0.4, -0.2) is 70.8 Å². The van der Waals surface area contributed by atoms with Crippen molar-refractivity contribution < 1.29 is 24.3 Å². The van der Waals surface area contributed by atoms with Gasteiger partial charge in [0.1, 0.15) is 17.8 Å². The van der Waals surface area contributed by atoms with E-state index in [-0.39, 0.29) is 35.8 Å². The van der Waals surface area contributed by atoms with E-state index in [1.165, 1.54) is 12.1 Å². The summed E-state index contributed by atoms with van der Waals surface area (Å²) in [7, 11) is 0. The van der Waals surface area contributed by atoms with Crippen molar-refractivity contribution in [2.75, 3.05) is 13.1 Å². The van der Waals surface area contributed by atoms with Crippen LogP contribution < -0.4 is 16.0 Å². The van der Waals surface area contributed by atoms with Crippen LogP contribution >= 0.6 is 0 Å². The van der Waals surface area contributed by atoms with Gasteiger partial charge < -0.3 is 26.0 Å². The average molecular weight is 507 g/mol. The molecule has 3 amide bonds. The molecule has 0 radical (unpaired) electrons. The number of carbonyl (C=O) groups is 4. The van der Waals surface area contributed by atoms with Crippen LogP contribution in [0, 0.1) is 0 Å². The molecule has 0 bridgehead atoms. The summed E-state index contributed by atoms with van der Waals surface area (Å²) in [5, 5.41) is 18.3. The Morgan fingerprint density at radius 2 is 1.73 bits per heavy atom. The third kappa shape index (κ3) is 6.54. The molecule has 2 aliphatic rings. The second-order valence-electron chi connectivity index (χ2n) is 9.73. The van der Waals surface area contributed by atoms with E-state index in [1.54, 1.807) is 48.2 Å². The van der Waals surface area contributed by atoms with E-state index < -0.39 is 24.0 Å². The summed E-state index contributed by atoms with van der Waals surface area (Å²) in [5.74, 6) is -1.06. The Labute approximate surface area is 216 Å². The minimum atomic E-state index is -0.902. The molecule has 4 N–H and O–H groups in total. The number of hydrogen-bond acceptors (Lipinski definition) is 6. The fourth-order valence-corrected chi connectivity index (χ4v) is 4.95. The lowest BCUT2D eigenvalue weighted by Gasteiger charge is -2.28. The Balaban J connectivity index is 1.41. The average Bonchev–Trinajstić information content (AvgIpc) is 3.62. The third-order valence-corrected chi connectivity index (χ3v) is 7.02. The Bertz CT molecular complexity index is 1120. The van der Waals surface area contributed by atoms with Crippen molar-refractivity contribution in [2.45, 2.75) is 63.2 Å². The van der Waals surface area contributed by atoms with Crippen LogP contribution in [-0.2, 0) is 20.8 Å². The van der Waals surface area contributed by atoms with Gasteiger partial charge in [0.2, 0.25) is 17.7 Å². The summed E-state index contributed by atoms with van der Waals surface area (Å²) >= 11 is 0. The molecule has 4 rings (SSSR count). The first-order valence-electron chi connectivity index (χ1n) is 12.9. The second kappa shape index (κ2) is 12.0. The number of benzene rings is 2. The zero-order valence-electron chi connectivity index (χ0n) is 21.0. The first-order valence-corrected chi connectivity index (χ1v) is 12.9. The van der Waals surface area contributed by atoms with Crippen LogP contribution in [0.1, 0.15) is 48.5 Å². The summed E-state index contributed by atoms with van der Waals surface area (Å²) in [4.78, 5) is 53.9. The number of aromatic hydroxyl groups is 1. The van der Waals surface area contributed by atoms with Crippen LogP contribution in [0.2, 0.25) is 0 Å². The molecular formula is C28H34N4O5. The summed E-state index contributed by atoms with van der Waals surface area (Å²) in [6.07, 6.45) is 3.21. The number of nitrogens with zero attached hydrogens (tertiary/aromatic N) is 1. The maximum absolute atomic E-state index is 13.2. The predicted molar refractivity (Wildman–Crippen MR) is 138 cm³/mol. The standard InChI is InChI=1S/C28H34N4O5/c1-18(30-27(36)24-10-6-16-32(24)28(37)22-9-5-15-29-22)26(35)31-23(17-19-11-13-21(33)14-12-19)25(34)20-7-3-2-4-8-20/h2-4,7-8,11-14,18,22-24,29,33H,5-6,9-10,15-17H2,1H3,(H,30,36)(H,31,35). The van der Waals surface area contributed by atoms with Gasteiger partial charge in [-0.05, 0) is 56.8 Å². The molecule has 196 valence electrons. The second-order valence-corrected chi connectivity index (χ2v) is 9.73. The lowest BCUT2D eigenvalue weighted by molar-refractivity contribution is -0.140. The van der Waals surface area contributed by atoms with Gasteiger partial charge in [-0.15, -0.1) is 0 Å². The summed E-state index contributed by atoms with van der Waals surface area (Å²) < 4.78 is 0.